The Hall–Kier alpha value is -4.15. The molecule has 11 heteroatoms. The van der Waals surface area contributed by atoms with Gasteiger partial charge < -0.3 is 15.7 Å². The summed E-state index contributed by atoms with van der Waals surface area (Å²) in [6, 6.07) is 9.50. The maximum Gasteiger partial charge on any atom is 0.326 e. The minimum atomic E-state index is -1.05. The first-order valence-corrected chi connectivity index (χ1v) is 10.1. The van der Waals surface area contributed by atoms with Crippen LogP contribution in [0.3, 0.4) is 0 Å². The summed E-state index contributed by atoms with van der Waals surface area (Å²) in [5, 5.41) is 19.5. The highest BCUT2D eigenvalue weighted by Gasteiger charge is 2.32. The van der Waals surface area contributed by atoms with E-state index in [1.807, 2.05) is 35.3 Å². The van der Waals surface area contributed by atoms with Gasteiger partial charge in [-0.15, -0.1) is 0 Å². The monoisotopic (exact) mass is 438 g/mol. The number of hydrogen-bond donors (Lipinski definition) is 5. The summed E-state index contributed by atoms with van der Waals surface area (Å²) >= 11 is 0. The maximum atomic E-state index is 12.6. The van der Waals surface area contributed by atoms with Crippen LogP contribution in [0.1, 0.15) is 35.3 Å². The van der Waals surface area contributed by atoms with Gasteiger partial charge in [-0.1, -0.05) is 30.3 Å². The zero-order valence-corrected chi connectivity index (χ0v) is 17.0. The lowest BCUT2D eigenvalue weighted by Crippen LogP contribution is -2.37. The summed E-state index contributed by atoms with van der Waals surface area (Å²) in [4.78, 5) is 51.7. The minimum Gasteiger partial charge on any atom is -0.501 e. The van der Waals surface area contributed by atoms with Crippen molar-refractivity contribution in [2.45, 2.75) is 31.8 Å². The molecule has 0 saturated heterocycles. The molecule has 0 unspecified atom stereocenters. The maximum absolute atomic E-state index is 12.6. The predicted molar refractivity (Wildman–Crippen MR) is 114 cm³/mol. The quantitative estimate of drug-likeness (QED) is 0.377. The Morgan fingerprint density at radius 3 is 2.72 bits per heavy atom. The van der Waals surface area contributed by atoms with Gasteiger partial charge in [0.05, 0.1) is 18.4 Å². The van der Waals surface area contributed by atoms with Gasteiger partial charge in [-0.3, -0.25) is 29.0 Å². The minimum absolute atomic E-state index is 0.173. The van der Waals surface area contributed by atoms with Crippen LogP contribution in [0, 0.1) is 5.92 Å². The smallest absolute Gasteiger partial charge is 0.326 e. The van der Waals surface area contributed by atoms with E-state index in [-0.39, 0.29) is 17.9 Å². The second kappa shape index (κ2) is 8.92. The zero-order chi connectivity index (χ0) is 22.7. The Labute approximate surface area is 181 Å². The van der Waals surface area contributed by atoms with E-state index in [0.29, 0.717) is 31.5 Å². The molecule has 5 N–H and O–H groups in total. The molecule has 1 aliphatic carbocycles. The Morgan fingerprint density at radius 2 is 1.94 bits per heavy atom. The lowest BCUT2D eigenvalue weighted by molar-refractivity contribution is -0.119. The molecule has 0 radical (unpaired) electrons. The number of carbonyl (C=O) groups excluding carboxylic acids is 2. The molecular formula is C21H22N6O5. The van der Waals surface area contributed by atoms with Crippen LogP contribution in [0.5, 0.6) is 5.75 Å². The topological polar surface area (TPSA) is 162 Å². The summed E-state index contributed by atoms with van der Waals surface area (Å²) in [6.45, 7) is 0.589. The highest BCUT2D eigenvalue weighted by Crippen LogP contribution is 2.27. The molecule has 166 valence electrons. The number of benzene rings is 1. The van der Waals surface area contributed by atoms with Crippen molar-refractivity contribution in [2.75, 3.05) is 5.32 Å². The third-order valence-corrected chi connectivity index (χ3v) is 5.37. The predicted octanol–water partition coefficient (Wildman–Crippen LogP) is 0.551. The molecule has 3 aromatic rings. The van der Waals surface area contributed by atoms with E-state index in [9.17, 15) is 24.3 Å². The number of amides is 2. The number of aromatic amines is 2. The summed E-state index contributed by atoms with van der Waals surface area (Å²) in [5.74, 6) is -2.13. The number of hydrogen-bond acceptors (Lipinski definition) is 6. The lowest BCUT2D eigenvalue weighted by Gasteiger charge is -2.13. The van der Waals surface area contributed by atoms with Crippen LogP contribution in [-0.4, -0.2) is 42.7 Å². The SMILES string of the molecule is O=C(N[C@@H]1CC[C@@H](C(=O)Nc2cnn(Cc3ccccc3)c2)C1)c1[nH]c(=O)[nH]c(=O)c1O. The molecule has 4 rings (SSSR count). The number of carbonyl (C=O) groups is 2. The fourth-order valence-electron chi connectivity index (χ4n) is 3.78. The van der Waals surface area contributed by atoms with Gasteiger partial charge in [0.25, 0.3) is 11.5 Å². The number of nitrogens with zero attached hydrogens (tertiary/aromatic N) is 2. The molecule has 32 heavy (non-hydrogen) atoms. The van der Waals surface area contributed by atoms with Crippen LogP contribution in [0.4, 0.5) is 5.69 Å². The summed E-state index contributed by atoms with van der Waals surface area (Å²) in [6.07, 6.45) is 4.84. The van der Waals surface area contributed by atoms with Gasteiger partial charge in [0, 0.05) is 18.2 Å². The van der Waals surface area contributed by atoms with Crippen molar-refractivity contribution < 1.29 is 14.7 Å². The Kier molecular flexibility index (Phi) is 5.88. The van der Waals surface area contributed by atoms with Gasteiger partial charge in [0.2, 0.25) is 11.7 Å². The first-order valence-electron chi connectivity index (χ1n) is 10.1. The summed E-state index contributed by atoms with van der Waals surface area (Å²) < 4.78 is 1.73. The van der Waals surface area contributed by atoms with Crippen molar-refractivity contribution in [3.8, 4) is 5.75 Å². The number of aromatic nitrogens is 4. The molecular weight excluding hydrogens is 416 g/mol. The second-order valence-electron chi connectivity index (χ2n) is 7.71. The highest BCUT2D eigenvalue weighted by molar-refractivity contribution is 5.95. The van der Waals surface area contributed by atoms with Crippen molar-refractivity contribution in [3.63, 3.8) is 0 Å². The van der Waals surface area contributed by atoms with E-state index in [4.69, 9.17) is 0 Å². The van der Waals surface area contributed by atoms with E-state index in [0.717, 1.165) is 5.56 Å². The van der Waals surface area contributed by atoms with Crippen LogP contribution in [-0.2, 0) is 11.3 Å². The summed E-state index contributed by atoms with van der Waals surface area (Å²) in [7, 11) is 0. The summed E-state index contributed by atoms with van der Waals surface area (Å²) in [5.41, 5.74) is -0.762. The average molecular weight is 438 g/mol. The van der Waals surface area contributed by atoms with E-state index in [1.165, 1.54) is 0 Å². The number of anilines is 1. The standard InChI is InChI=1S/C21H22N6O5/c28-17-16(25-21(32)26-20(17)31)19(30)23-14-7-6-13(8-14)18(29)24-15-9-22-27(11-15)10-12-4-2-1-3-5-12/h1-5,9,11,13-14,28H,6-8,10H2,(H,23,30)(H,24,29)(H2,25,26,31,32)/t13-,14-/m1/s1. The van der Waals surface area contributed by atoms with Gasteiger partial charge >= 0.3 is 5.69 Å². The molecule has 11 nitrogen and oxygen atoms in total. The molecule has 1 aromatic carbocycles. The average Bonchev–Trinajstić information content (AvgIpc) is 3.41. The van der Waals surface area contributed by atoms with Gasteiger partial charge in [-0.25, -0.2) is 4.79 Å². The molecule has 0 spiro atoms. The van der Waals surface area contributed by atoms with Crippen LogP contribution in [0.15, 0.2) is 52.3 Å². The zero-order valence-electron chi connectivity index (χ0n) is 17.0. The van der Waals surface area contributed by atoms with Gasteiger partial charge in [-0.2, -0.15) is 5.10 Å². The Bertz CT molecular complexity index is 1250. The molecule has 1 saturated carbocycles. The molecule has 2 amide bonds. The van der Waals surface area contributed by atoms with E-state index in [2.05, 4.69) is 20.7 Å². The first-order chi connectivity index (χ1) is 15.4. The third kappa shape index (κ3) is 4.77. The van der Waals surface area contributed by atoms with Crippen LogP contribution >= 0.6 is 0 Å². The van der Waals surface area contributed by atoms with Crippen molar-refractivity contribution in [3.05, 3.63) is 74.8 Å². The largest absolute Gasteiger partial charge is 0.501 e. The van der Waals surface area contributed by atoms with E-state index in [1.54, 1.807) is 17.1 Å². The fourth-order valence-corrected chi connectivity index (χ4v) is 3.78. The highest BCUT2D eigenvalue weighted by atomic mass is 16.3. The van der Waals surface area contributed by atoms with Crippen LogP contribution < -0.4 is 21.9 Å². The van der Waals surface area contributed by atoms with Crippen molar-refractivity contribution in [1.29, 1.82) is 0 Å². The lowest BCUT2D eigenvalue weighted by atomic mass is 10.1. The van der Waals surface area contributed by atoms with Gasteiger partial charge in [0.15, 0.2) is 5.69 Å². The van der Waals surface area contributed by atoms with Crippen molar-refractivity contribution >= 4 is 17.5 Å². The third-order valence-electron chi connectivity index (χ3n) is 5.37. The van der Waals surface area contributed by atoms with Crippen LogP contribution in [0.2, 0.25) is 0 Å². The second-order valence-corrected chi connectivity index (χ2v) is 7.71. The fraction of sp³-hybridized carbons (Fsp3) is 0.286. The molecule has 0 aliphatic heterocycles. The number of rotatable bonds is 6. The van der Waals surface area contributed by atoms with E-state index < -0.39 is 28.6 Å². The van der Waals surface area contributed by atoms with Crippen molar-refractivity contribution in [2.24, 2.45) is 5.92 Å². The Morgan fingerprint density at radius 1 is 1.16 bits per heavy atom. The van der Waals surface area contributed by atoms with Crippen molar-refractivity contribution in [1.82, 2.24) is 25.1 Å². The van der Waals surface area contributed by atoms with Gasteiger partial charge in [-0.05, 0) is 24.8 Å². The molecule has 2 heterocycles. The molecule has 1 fully saturated rings. The molecule has 2 aromatic heterocycles. The van der Waals surface area contributed by atoms with Crippen LogP contribution in [0.25, 0.3) is 0 Å². The first kappa shape index (κ1) is 21.1. The number of aromatic hydroxyl groups is 1. The van der Waals surface area contributed by atoms with Gasteiger partial charge in [0.1, 0.15) is 0 Å². The number of H-pyrrole nitrogens is 2. The number of nitrogens with one attached hydrogen (secondary N) is 4. The normalized spacial score (nSPS) is 17.8. The molecule has 2 atom stereocenters. The molecule has 0 bridgehead atoms. The van der Waals surface area contributed by atoms with E-state index >= 15 is 0 Å². The molecule has 1 aliphatic rings. The Balaban J connectivity index is 1.32.